The van der Waals surface area contributed by atoms with Gasteiger partial charge in [0.1, 0.15) is 5.67 Å². The van der Waals surface area contributed by atoms with Crippen molar-refractivity contribution >= 4 is 0 Å². The molecule has 1 fully saturated rings. The molecule has 0 bridgehead atoms. The molecule has 0 radical (unpaired) electrons. The molecule has 0 N–H and O–H groups in total. The van der Waals surface area contributed by atoms with Crippen LogP contribution >= 0.6 is 0 Å². The summed E-state index contributed by atoms with van der Waals surface area (Å²) in [6, 6.07) is 17.0. The van der Waals surface area contributed by atoms with Crippen molar-refractivity contribution in [2.75, 3.05) is 0 Å². The van der Waals surface area contributed by atoms with Crippen LogP contribution in [0.2, 0.25) is 0 Å². The van der Waals surface area contributed by atoms with Crippen LogP contribution in [0.5, 0.6) is 0 Å². The summed E-state index contributed by atoms with van der Waals surface area (Å²) < 4.78 is 15.5. The van der Waals surface area contributed by atoms with Crippen LogP contribution in [-0.4, -0.2) is 0 Å². The highest BCUT2D eigenvalue weighted by Crippen LogP contribution is 2.44. The highest BCUT2D eigenvalue weighted by Gasteiger charge is 2.36. The van der Waals surface area contributed by atoms with E-state index in [1.165, 1.54) is 42.4 Å². The van der Waals surface area contributed by atoms with Gasteiger partial charge in [0.05, 0.1) is 0 Å². The molecule has 0 nitrogen and oxygen atoms in total. The number of rotatable bonds is 7. The Morgan fingerprint density at radius 1 is 0.846 bits per heavy atom. The number of benzene rings is 2. The van der Waals surface area contributed by atoms with E-state index in [0.717, 1.165) is 30.7 Å². The Hall–Kier alpha value is -1.63. The average Bonchev–Trinajstić information content (AvgIpc) is 2.69. The van der Waals surface area contributed by atoms with Crippen molar-refractivity contribution in [3.05, 3.63) is 59.7 Å². The minimum absolute atomic E-state index is 0.687. The molecular formula is C25H33F. The molecule has 0 unspecified atom stereocenters. The van der Waals surface area contributed by atoms with Crippen LogP contribution in [0.1, 0.15) is 76.3 Å². The van der Waals surface area contributed by atoms with Crippen LogP contribution in [0, 0.1) is 5.92 Å². The lowest BCUT2D eigenvalue weighted by Crippen LogP contribution is -2.27. The largest absolute Gasteiger partial charge is 0.239 e. The molecule has 0 atom stereocenters. The number of alkyl halides is 1. The molecule has 2 aromatic carbocycles. The zero-order valence-electron chi connectivity index (χ0n) is 16.4. The summed E-state index contributed by atoms with van der Waals surface area (Å²) in [7, 11) is 0. The molecule has 2 aromatic rings. The first-order valence-corrected chi connectivity index (χ1v) is 10.5. The summed E-state index contributed by atoms with van der Waals surface area (Å²) in [6.07, 6.45) is 9.56. The second-order valence-electron chi connectivity index (χ2n) is 8.08. The number of hydrogen-bond acceptors (Lipinski definition) is 0. The number of hydrogen-bond donors (Lipinski definition) is 0. The lowest BCUT2D eigenvalue weighted by Gasteiger charge is -2.34. The monoisotopic (exact) mass is 352 g/mol. The Morgan fingerprint density at radius 2 is 1.42 bits per heavy atom. The summed E-state index contributed by atoms with van der Waals surface area (Å²) in [5, 5.41) is 0. The molecular weight excluding hydrogens is 319 g/mol. The van der Waals surface area contributed by atoms with Crippen LogP contribution in [0.15, 0.2) is 48.5 Å². The van der Waals surface area contributed by atoms with E-state index in [1.54, 1.807) is 0 Å². The molecule has 0 aromatic heterocycles. The lowest BCUT2D eigenvalue weighted by atomic mass is 9.75. The van der Waals surface area contributed by atoms with Gasteiger partial charge in [-0.15, -0.1) is 0 Å². The first kappa shape index (κ1) is 19.1. The number of aryl methyl sites for hydroxylation is 1. The van der Waals surface area contributed by atoms with Crippen LogP contribution < -0.4 is 0 Å². The van der Waals surface area contributed by atoms with Gasteiger partial charge in [0.25, 0.3) is 0 Å². The van der Waals surface area contributed by atoms with E-state index < -0.39 is 5.67 Å². The van der Waals surface area contributed by atoms with E-state index in [1.807, 2.05) is 12.1 Å². The van der Waals surface area contributed by atoms with Crippen molar-refractivity contribution in [2.45, 2.75) is 77.3 Å². The minimum Gasteiger partial charge on any atom is -0.239 e. The van der Waals surface area contributed by atoms with E-state index in [9.17, 15) is 0 Å². The van der Waals surface area contributed by atoms with Crippen molar-refractivity contribution < 1.29 is 4.39 Å². The highest BCUT2D eigenvalue weighted by molar-refractivity contribution is 5.64. The van der Waals surface area contributed by atoms with Gasteiger partial charge in [0, 0.05) is 0 Å². The van der Waals surface area contributed by atoms with Crippen molar-refractivity contribution in [3.8, 4) is 11.1 Å². The predicted octanol–water partition coefficient (Wildman–Crippen LogP) is 7.85. The Balaban J connectivity index is 1.65. The summed E-state index contributed by atoms with van der Waals surface area (Å²) >= 11 is 0. The SMILES string of the molecule is CCCCC1CCC(F)(c2ccc(-c3ccc(CCC)cc3)cc2)CC1. The van der Waals surface area contributed by atoms with Gasteiger partial charge >= 0.3 is 0 Å². The van der Waals surface area contributed by atoms with Crippen molar-refractivity contribution in [1.82, 2.24) is 0 Å². The Bertz CT molecular complexity index is 660. The van der Waals surface area contributed by atoms with Gasteiger partial charge in [0.2, 0.25) is 0 Å². The molecule has 0 amide bonds. The lowest BCUT2D eigenvalue weighted by molar-refractivity contribution is 0.0789. The smallest absolute Gasteiger partial charge is 0.136 e. The molecule has 0 saturated heterocycles. The van der Waals surface area contributed by atoms with Gasteiger partial charge in [0.15, 0.2) is 0 Å². The summed E-state index contributed by atoms with van der Waals surface area (Å²) in [4.78, 5) is 0. The quantitative estimate of drug-likeness (QED) is 0.476. The summed E-state index contributed by atoms with van der Waals surface area (Å²) in [5.41, 5.74) is 3.53. The molecule has 0 aliphatic heterocycles. The van der Waals surface area contributed by atoms with Crippen LogP contribution in [0.4, 0.5) is 4.39 Å². The molecule has 3 rings (SSSR count). The third-order valence-corrected chi connectivity index (χ3v) is 6.09. The first-order valence-electron chi connectivity index (χ1n) is 10.5. The van der Waals surface area contributed by atoms with Crippen molar-refractivity contribution in [3.63, 3.8) is 0 Å². The Labute approximate surface area is 158 Å². The predicted molar refractivity (Wildman–Crippen MR) is 110 cm³/mol. The van der Waals surface area contributed by atoms with Gasteiger partial charge in [-0.2, -0.15) is 0 Å². The second-order valence-corrected chi connectivity index (χ2v) is 8.08. The molecule has 0 spiro atoms. The maximum absolute atomic E-state index is 15.5. The molecule has 0 heterocycles. The maximum atomic E-state index is 15.5. The number of halogens is 1. The minimum atomic E-state index is -1.12. The normalized spacial score (nSPS) is 23.1. The fraction of sp³-hybridized carbons (Fsp3) is 0.520. The summed E-state index contributed by atoms with van der Waals surface area (Å²) in [5.74, 6) is 0.736. The summed E-state index contributed by atoms with van der Waals surface area (Å²) in [6.45, 7) is 4.44. The Kier molecular flexibility index (Phi) is 6.51. The second kappa shape index (κ2) is 8.84. The molecule has 140 valence electrons. The van der Waals surface area contributed by atoms with Gasteiger partial charge in [-0.1, -0.05) is 88.1 Å². The van der Waals surface area contributed by atoms with Gasteiger partial charge < -0.3 is 0 Å². The van der Waals surface area contributed by atoms with Gasteiger partial charge in [-0.05, 0) is 60.3 Å². The van der Waals surface area contributed by atoms with Gasteiger partial charge in [-0.25, -0.2) is 4.39 Å². The van der Waals surface area contributed by atoms with E-state index in [4.69, 9.17) is 0 Å². The van der Waals surface area contributed by atoms with Crippen molar-refractivity contribution in [1.29, 1.82) is 0 Å². The first-order chi connectivity index (χ1) is 12.6. The standard InChI is InChI=1S/C25H33F/c1-3-5-7-21-16-18-25(26,19-17-21)24-14-12-23(13-15-24)22-10-8-20(6-4-2)9-11-22/h8-15,21H,3-7,16-19H2,1-2H3. The van der Waals surface area contributed by atoms with E-state index in [0.29, 0.717) is 12.8 Å². The Morgan fingerprint density at radius 3 is 1.96 bits per heavy atom. The highest BCUT2D eigenvalue weighted by atomic mass is 19.1. The molecule has 1 aliphatic carbocycles. The topological polar surface area (TPSA) is 0 Å². The zero-order valence-corrected chi connectivity index (χ0v) is 16.4. The van der Waals surface area contributed by atoms with Crippen LogP contribution in [0.3, 0.4) is 0 Å². The van der Waals surface area contributed by atoms with Crippen LogP contribution in [-0.2, 0) is 12.1 Å². The van der Waals surface area contributed by atoms with Crippen LogP contribution in [0.25, 0.3) is 11.1 Å². The average molecular weight is 353 g/mol. The molecule has 26 heavy (non-hydrogen) atoms. The molecule has 1 aliphatic rings. The van der Waals surface area contributed by atoms with E-state index >= 15 is 4.39 Å². The fourth-order valence-corrected chi connectivity index (χ4v) is 4.32. The molecule has 1 saturated carbocycles. The van der Waals surface area contributed by atoms with E-state index in [-0.39, 0.29) is 0 Å². The fourth-order valence-electron chi connectivity index (χ4n) is 4.32. The third-order valence-electron chi connectivity index (χ3n) is 6.09. The zero-order chi connectivity index (χ0) is 18.4. The molecule has 1 heteroatoms. The maximum Gasteiger partial charge on any atom is 0.136 e. The van der Waals surface area contributed by atoms with Gasteiger partial charge in [-0.3, -0.25) is 0 Å². The third kappa shape index (κ3) is 4.55. The number of unbranched alkanes of at least 4 members (excludes halogenated alkanes) is 1. The van der Waals surface area contributed by atoms with Crippen molar-refractivity contribution in [2.24, 2.45) is 5.92 Å². The van der Waals surface area contributed by atoms with E-state index in [2.05, 4.69) is 50.2 Å².